The zero-order chi connectivity index (χ0) is 16.8. The van der Waals surface area contributed by atoms with Crippen molar-refractivity contribution < 1.29 is 9.83 Å². The molecule has 0 aliphatic heterocycles. The van der Waals surface area contributed by atoms with Crippen molar-refractivity contribution in [3.05, 3.63) is 61.6 Å². The van der Waals surface area contributed by atoms with Crippen molar-refractivity contribution in [1.82, 2.24) is 9.88 Å². The molecule has 0 saturated carbocycles. The van der Waals surface area contributed by atoms with Crippen LogP contribution in [-0.2, 0) is 6.54 Å². The zero-order valence-corrected chi connectivity index (χ0v) is 14.3. The average molecular weight is 371 g/mol. The summed E-state index contributed by atoms with van der Waals surface area (Å²) in [6.45, 7) is 0.103. The molecule has 1 aromatic heterocycles. The number of hydrogen-bond acceptors (Lipinski definition) is 6. The maximum atomic E-state index is 12.7. The Morgan fingerprint density at radius 1 is 1.48 bits per heavy atom. The fraction of sp³-hybridized carbons (Fsp3) is 0.154. The Kier molecular flexibility index (Phi) is 6.08. The highest BCUT2D eigenvalue weighted by atomic mass is 35.5. The fourth-order valence-electron chi connectivity index (χ4n) is 1.75. The van der Waals surface area contributed by atoms with Gasteiger partial charge in [0.25, 0.3) is 5.91 Å². The summed E-state index contributed by atoms with van der Waals surface area (Å²) in [5, 5.41) is 13.2. The van der Waals surface area contributed by atoms with E-state index < -0.39 is 5.03 Å². The number of carbonyl (C=O) groups is 1. The molecule has 0 unspecified atom stereocenters. The standard InChI is InChI=1S/C13H11ClN4O3S2/c1-22-13(16-18(20)21)17(8-10-7-15-12(14)23-10)11(19)9-5-3-2-4-6-9/h2-7H,8H2,1H3/b16-13-. The van der Waals surface area contributed by atoms with Crippen molar-refractivity contribution in [3.8, 4) is 0 Å². The van der Waals surface area contributed by atoms with E-state index in [1.165, 1.54) is 22.4 Å². The van der Waals surface area contributed by atoms with E-state index >= 15 is 0 Å². The van der Waals surface area contributed by atoms with Crippen LogP contribution in [0.4, 0.5) is 0 Å². The Hall–Kier alpha value is -1.97. The molecule has 1 heterocycles. The second-order valence-corrected chi connectivity index (χ2v) is 6.63. The second-order valence-electron chi connectivity index (χ2n) is 4.16. The van der Waals surface area contributed by atoms with Crippen molar-refractivity contribution in [2.45, 2.75) is 6.54 Å². The molecule has 0 atom stereocenters. The molecular formula is C13H11ClN4O3S2. The van der Waals surface area contributed by atoms with Gasteiger partial charge in [0.2, 0.25) is 5.17 Å². The maximum absolute atomic E-state index is 12.7. The van der Waals surface area contributed by atoms with Gasteiger partial charge in [-0.1, -0.05) is 41.6 Å². The van der Waals surface area contributed by atoms with Gasteiger partial charge in [0.1, 0.15) is 0 Å². The van der Waals surface area contributed by atoms with Crippen LogP contribution in [-0.4, -0.2) is 32.2 Å². The molecule has 120 valence electrons. The van der Waals surface area contributed by atoms with Crippen molar-refractivity contribution in [1.29, 1.82) is 0 Å². The Balaban J connectivity index is 2.37. The van der Waals surface area contributed by atoms with Crippen molar-refractivity contribution >= 4 is 45.8 Å². The summed E-state index contributed by atoms with van der Waals surface area (Å²) in [6.07, 6.45) is 3.15. The molecule has 0 bridgehead atoms. The van der Waals surface area contributed by atoms with Gasteiger partial charge in [-0.15, -0.1) is 11.3 Å². The predicted octanol–water partition coefficient (Wildman–Crippen LogP) is 3.35. The van der Waals surface area contributed by atoms with Gasteiger partial charge >= 0.3 is 0 Å². The fourth-order valence-corrected chi connectivity index (χ4v) is 3.23. The summed E-state index contributed by atoms with van der Waals surface area (Å²) < 4.78 is 0.337. The molecule has 1 aromatic carbocycles. The van der Waals surface area contributed by atoms with Crippen LogP contribution < -0.4 is 0 Å². The number of rotatable bonds is 4. The molecule has 0 N–H and O–H groups in total. The summed E-state index contributed by atoms with van der Waals surface area (Å²) >= 11 is 8.02. The number of aromatic nitrogens is 1. The highest BCUT2D eigenvalue weighted by molar-refractivity contribution is 8.13. The van der Waals surface area contributed by atoms with Gasteiger partial charge in [-0.3, -0.25) is 9.69 Å². The molecular weight excluding hydrogens is 360 g/mol. The largest absolute Gasteiger partial charge is 0.277 e. The molecule has 1 amide bonds. The normalized spacial score (nSPS) is 11.3. The molecule has 2 aromatic rings. The van der Waals surface area contributed by atoms with Gasteiger partial charge in [0.05, 0.1) is 11.6 Å². The highest BCUT2D eigenvalue weighted by Crippen LogP contribution is 2.22. The Bertz CT molecular complexity index is 736. The summed E-state index contributed by atoms with van der Waals surface area (Å²) in [7, 11) is 0. The van der Waals surface area contributed by atoms with Crippen LogP contribution in [0.15, 0.2) is 41.6 Å². The first-order valence-corrected chi connectivity index (χ1v) is 8.67. The first kappa shape index (κ1) is 17.4. The summed E-state index contributed by atoms with van der Waals surface area (Å²) in [5.74, 6) is -0.384. The molecule has 23 heavy (non-hydrogen) atoms. The number of hydrazone groups is 1. The molecule has 0 aliphatic rings. The van der Waals surface area contributed by atoms with E-state index in [4.69, 9.17) is 11.6 Å². The first-order chi connectivity index (χ1) is 11.0. The van der Waals surface area contributed by atoms with E-state index in [0.717, 1.165) is 11.8 Å². The van der Waals surface area contributed by atoms with Crippen molar-refractivity contribution in [2.75, 3.05) is 6.26 Å². The third kappa shape index (κ3) is 4.75. The third-order valence-corrected chi connectivity index (χ3v) is 4.45. The number of amides is 1. The van der Waals surface area contributed by atoms with E-state index in [2.05, 4.69) is 10.1 Å². The van der Waals surface area contributed by atoms with Gasteiger partial charge in [0, 0.05) is 16.6 Å². The minimum atomic E-state index is -0.823. The Labute approximate surface area is 145 Å². The predicted molar refractivity (Wildman–Crippen MR) is 91.4 cm³/mol. The number of hydrogen-bond donors (Lipinski definition) is 0. The number of nitrogens with zero attached hydrogens (tertiary/aromatic N) is 4. The van der Waals surface area contributed by atoms with Crippen LogP contribution >= 0.6 is 34.7 Å². The highest BCUT2D eigenvalue weighted by Gasteiger charge is 2.24. The average Bonchev–Trinajstić information content (AvgIpc) is 2.96. The smallest absolute Gasteiger partial charge is 0.260 e. The van der Waals surface area contributed by atoms with Gasteiger partial charge in [-0.05, 0) is 18.4 Å². The van der Waals surface area contributed by atoms with E-state index in [1.807, 2.05) is 0 Å². The molecule has 0 radical (unpaired) electrons. The van der Waals surface area contributed by atoms with E-state index in [1.54, 1.807) is 36.6 Å². The van der Waals surface area contributed by atoms with Crippen LogP contribution in [0.2, 0.25) is 4.47 Å². The molecule has 2 rings (SSSR count). The van der Waals surface area contributed by atoms with Gasteiger partial charge in [-0.25, -0.2) is 15.1 Å². The number of nitro groups is 1. The Morgan fingerprint density at radius 2 is 2.17 bits per heavy atom. The number of thioether (sulfide) groups is 1. The van der Waals surface area contributed by atoms with E-state index in [-0.39, 0.29) is 17.6 Å². The van der Waals surface area contributed by atoms with Crippen molar-refractivity contribution in [2.24, 2.45) is 5.10 Å². The molecule has 7 nitrogen and oxygen atoms in total. The molecule has 0 spiro atoms. The lowest BCUT2D eigenvalue weighted by Gasteiger charge is -2.20. The quantitative estimate of drug-likeness (QED) is 0.356. The Morgan fingerprint density at radius 3 is 2.70 bits per heavy atom. The molecule has 0 fully saturated rings. The van der Waals surface area contributed by atoms with E-state index in [9.17, 15) is 14.9 Å². The number of thiazole rings is 1. The number of amidine groups is 1. The number of carbonyl (C=O) groups excluding carboxylic acids is 1. The minimum Gasteiger partial charge on any atom is -0.277 e. The van der Waals surface area contributed by atoms with Crippen LogP contribution in [0, 0.1) is 10.1 Å². The van der Waals surface area contributed by atoms with E-state index in [0.29, 0.717) is 14.9 Å². The minimum absolute atomic E-state index is 0.00613. The van der Waals surface area contributed by atoms with Gasteiger partial charge in [0.15, 0.2) is 9.50 Å². The molecule has 0 saturated heterocycles. The zero-order valence-electron chi connectivity index (χ0n) is 11.9. The number of benzene rings is 1. The second kappa shape index (κ2) is 8.04. The SMILES string of the molecule is CS/C(=N\[N+](=O)[O-])N(Cc1cnc(Cl)s1)C(=O)c1ccccc1. The molecule has 0 aliphatic carbocycles. The van der Waals surface area contributed by atoms with Crippen LogP contribution in [0.5, 0.6) is 0 Å². The van der Waals surface area contributed by atoms with Crippen LogP contribution in [0.1, 0.15) is 15.2 Å². The van der Waals surface area contributed by atoms with Crippen LogP contribution in [0.25, 0.3) is 0 Å². The lowest BCUT2D eigenvalue weighted by atomic mass is 10.2. The summed E-state index contributed by atoms with van der Waals surface area (Å²) in [4.78, 5) is 29.3. The van der Waals surface area contributed by atoms with Crippen molar-refractivity contribution in [3.63, 3.8) is 0 Å². The monoisotopic (exact) mass is 370 g/mol. The third-order valence-electron chi connectivity index (χ3n) is 2.69. The number of halogens is 1. The van der Waals surface area contributed by atoms with Gasteiger partial charge < -0.3 is 0 Å². The topological polar surface area (TPSA) is 88.7 Å². The first-order valence-electron chi connectivity index (χ1n) is 6.25. The summed E-state index contributed by atoms with van der Waals surface area (Å²) in [6, 6.07) is 8.50. The lowest BCUT2D eigenvalue weighted by molar-refractivity contribution is -0.485. The maximum Gasteiger partial charge on any atom is 0.260 e. The van der Waals surface area contributed by atoms with Gasteiger partial charge in [-0.2, -0.15) is 0 Å². The van der Waals surface area contributed by atoms with Crippen LogP contribution in [0.3, 0.4) is 0 Å². The molecule has 10 heteroatoms. The summed E-state index contributed by atoms with van der Waals surface area (Å²) in [5.41, 5.74) is 0.410. The lowest BCUT2D eigenvalue weighted by Crippen LogP contribution is -2.35.